The molecule has 0 atom stereocenters. The third kappa shape index (κ3) is 6.99. The fraction of sp³-hybridized carbons (Fsp3) is 0.231. The van der Waals surface area contributed by atoms with E-state index in [0.717, 1.165) is 49.0 Å². The third-order valence-corrected chi connectivity index (χ3v) is 7.40. The van der Waals surface area contributed by atoms with Gasteiger partial charge in [-0.1, -0.05) is 64.6 Å². The van der Waals surface area contributed by atoms with Gasteiger partial charge in [0.2, 0.25) is 0 Å². The highest BCUT2D eigenvalue weighted by Crippen LogP contribution is 2.34. The Bertz CT molecular complexity index is 1290. The van der Waals surface area contributed by atoms with E-state index < -0.39 is 5.91 Å². The van der Waals surface area contributed by atoms with Gasteiger partial charge >= 0.3 is 0 Å². The van der Waals surface area contributed by atoms with Crippen LogP contribution in [0.3, 0.4) is 0 Å². The van der Waals surface area contributed by atoms with E-state index in [-0.39, 0.29) is 20.7 Å². The molecule has 3 aromatic rings. The van der Waals surface area contributed by atoms with Crippen LogP contribution < -0.4 is 20.3 Å². The number of benzene rings is 3. The maximum atomic E-state index is 12.6. The largest absolute Gasteiger partial charge is 0.494 e. The monoisotopic (exact) mass is 596 g/mol. The van der Waals surface area contributed by atoms with Crippen molar-refractivity contribution in [1.29, 1.82) is 0 Å². The lowest BCUT2D eigenvalue weighted by Crippen LogP contribution is -2.46. The molecular weight excluding hydrogens is 574 g/mol. The van der Waals surface area contributed by atoms with Crippen LogP contribution in [0.1, 0.15) is 15.9 Å². The molecule has 1 heterocycles. The van der Waals surface area contributed by atoms with Crippen molar-refractivity contribution in [2.45, 2.75) is 6.54 Å². The fourth-order valence-corrected chi connectivity index (χ4v) is 5.43. The number of nitrogens with one attached hydrogen (secondary N) is 2. The fourth-order valence-electron chi connectivity index (χ4n) is 4.08. The van der Waals surface area contributed by atoms with Gasteiger partial charge in [-0.05, 0) is 54.2 Å². The summed E-state index contributed by atoms with van der Waals surface area (Å²) in [5.74, 6) is -0.154. The Morgan fingerprint density at radius 3 is 2.22 bits per heavy atom. The summed E-state index contributed by atoms with van der Waals surface area (Å²) >= 11 is 30.5. The Hall–Kier alpha value is -2.26. The Labute approximate surface area is 241 Å². The first kappa shape index (κ1) is 27.8. The van der Waals surface area contributed by atoms with Crippen molar-refractivity contribution in [3.63, 3.8) is 0 Å². The topological polar surface area (TPSA) is 56.8 Å². The molecule has 3 aromatic carbocycles. The number of ether oxygens (including phenoxy) is 1. The lowest BCUT2D eigenvalue weighted by molar-refractivity contribution is 0.0977. The molecule has 0 aromatic heterocycles. The first-order chi connectivity index (χ1) is 17.7. The Kier molecular flexibility index (Phi) is 9.40. The summed E-state index contributed by atoms with van der Waals surface area (Å²) in [6, 6.07) is 16.5. The van der Waals surface area contributed by atoms with Crippen LogP contribution >= 0.6 is 58.6 Å². The molecule has 1 amide bonds. The second-order valence-electron chi connectivity index (χ2n) is 8.40. The van der Waals surface area contributed by atoms with Crippen LogP contribution in [-0.2, 0) is 6.54 Å². The van der Waals surface area contributed by atoms with E-state index in [1.165, 1.54) is 19.2 Å². The molecule has 4 rings (SSSR count). The van der Waals surface area contributed by atoms with E-state index in [1.807, 2.05) is 30.3 Å². The van der Waals surface area contributed by atoms with Crippen LogP contribution in [0.4, 0.5) is 11.4 Å². The van der Waals surface area contributed by atoms with E-state index in [4.69, 9.17) is 63.4 Å². The molecule has 1 fully saturated rings. The zero-order valence-corrected chi connectivity index (χ0v) is 23.7. The maximum Gasteiger partial charge on any atom is 0.257 e. The smallest absolute Gasteiger partial charge is 0.257 e. The lowest BCUT2D eigenvalue weighted by Gasteiger charge is -2.36. The zero-order valence-electron chi connectivity index (χ0n) is 19.9. The molecular formula is C26H24Cl4N4O2S. The highest BCUT2D eigenvalue weighted by molar-refractivity contribution is 7.80. The van der Waals surface area contributed by atoms with E-state index in [0.29, 0.717) is 16.5 Å². The van der Waals surface area contributed by atoms with Gasteiger partial charge in [-0.2, -0.15) is 0 Å². The average molecular weight is 598 g/mol. The number of halogens is 4. The van der Waals surface area contributed by atoms with Crippen molar-refractivity contribution in [2.75, 3.05) is 43.5 Å². The van der Waals surface area contributed by atoms with Gasteiger partial charge in [0.15, 0.2) is 10.9 Å². The number of hydrogen-bond acceptors (Lipinski definition) is 5. The molecule has 1 saturated heterocycles. The number of piperazine rings is 1. The first-order valence-electron chi connectivity index (χ1n) is 11.4. The molecule has 194 valence electrons. The van der Waals surface area contributed by atoms with Crippen molar-refractivity contribution < 1.29 is 9.53 Å². The molecule has 6 nitrogen and oxygen atoms in total. The summed E-state index contributed by atoms with van der Waals surface area (Å²) in [5.41, 5.74) is 2.98. The summed E-state index contributed by atoms with van der Waals surface area (Å²) in [4.78, 5) is 17.2. The molecule has 1 aliphatic heterocycles. The minimum absolute atomic E-state index is 0.116. The molecule has 0 saturated carbocycles. The van der Waals surface area contributed by atoms with Gasteiger partial charge in [0.05, 0.1) is 27.9 Å². The number of carbonyl (C=O) groups is 1. The average Bonchev–Trinajstić information content (AvgIpc) is 2.86. The van der Waals surface area contributed by atoms with Gasteiger partial charge in [0.25, 0.3) is 5.91 Å². The molecule has 0 spiro atoms. The maximum absolute atomic E-state index is 12.6. The quantitative estimate of drug-likeness (QED) is 0.306. The number of carbonyl (C=O) groups excluding carboxylic acids is 1. The van der Waals surface area contributed by atoms with Gasteiger partial charge in [0, 0.05) is 49.0 Å². The Morgan fingerprint density at radius 2 is 1.59 bits per heavy atom. The SMILES string of the molecule is COc1c(Cl)cc(C(=O)NC(=S)Nc2ccc(N3CCN(Cc4ccccc4Cl)CC3)c(Cl)c2)cc1Cl. The molecule has 0 radical (unpaired) electrons. The standard InChI is InChI=1S/C26H24Cl4N4O2S/c1-36-24-21(29)12-17(13-22(24)30)25(35)32-26(37)31-18-6-7-23(20(28)14-18)34-10-8-33(9-11-34)15-16-4-2-3-5-19(16)27/h2-7,12-14H,8-11,15H2,1H3,(H2,31,32,35,37). The number of rotatable bonds is 6. The van der Waals surface area contributed by atoms with Gasteiger partial charge in [-0.15, -0.1) is 0 Å². The molecule has 2 N–H and O–H groups in total. The van der Waals surface area contributed by atoms with Crippen LogP contribution in [0.25, 0.3) is 0 Å². The predicted octanol–water partition coefficient (Wildman–Crippen LogP) is 6.76. The zero-order chi connectivity index (χ0) is 26.5. The summed E-state index contributed by atoms with van der Waals surface area (Å²) in [5, 5.41) is 7.56. The molecule has 0 aliphatic carbocycles. The van der Waals surface area contributed by atoms with Crippen molar-refractivity contribution in [3.05, 3.63) is 85.8 Å². The van der Waals surface area contributed by atoms with E-state index in [1.54, 1.807) is 6.07 Å². The van der Waals surface area contributed by atoms with Crippen molar-refractivity contribution >= 4 is 81.0 Å². The van der Waals surface area contributed by atoms with Crippen LogP contribution in [0.5, 0.6) is 5.75 Å². The van der Waals surface area contributed by atoms with E-state index in [2.05, 4.69) is 26.5 Å². The molecule has 0 unspecified atom stereocenters. The minimum atomic E-state index is -0.457. The van der Waals surface area contributed by atoms with Crippen LogP contribution in [0.2, 0.25) is 20.1 Å². The molecule has 0 bridgehead atoms. The highest BCUT2D eigenvalue weighted by atomic mass is 35.5. The van der Waals surface area contributed by atoms with Crippen LogP contribution in [-0.4, -0.2) is 49.2 Å². The second-order valence-corrected chi connectivity index (χ2v) is 10.4. The Balaban J connectivity index is 1.32. The summed E-state index contributed by atoms with van der Waals surface area (Å²) in [6.07, 6.45) is 0. The van der Waals surface area contributed by atoms with Gasteiger partial charge in [-0.3, -0.25) is 15.0 Å². The molecule has 11 heteroatoms. The van der Waals surface area contributed by atoms with Crippen molar-refractivity contribution in [3.8, 4) is 5.75 Å². The van der Waals surface area contributed by atoms with E-state index >= 15 is 0 Å². The number of nitrogens with zero attached hydrogens (tertiary/aromatic N) is 2. The highest BCUT2D eigenvalue weighted by Gasteiger charge is 2.20. The number of amides is 1. The van der Waals surface area contributed by atoms with Crippen LogP contribution in [0, 0.1) is 0 Å². The van der Waals surface area contributed by atoms with Crippen molar-refractivity contribution in [2.24, 2.45) is 0 Å². The summed E-state index contributed by atoms with van der Waals surface area (Å²) in [6.45, 7) is 4.31. The first-order valence-corrected chi connectivity index (χ1v) is 13.3. The summed E-state index contributed by atoms with van der Waals surface area (Å²) in [7, 11) is 1.45. The number of anilines is 2. The van der Waals surface area contributed by atoms with Crippen LogP contribution in [0.15, 0.2) is 54.6 Å². The second kappa shape index (κ2) is 12.5. The number of hydrogen-bond donors (Lipinski definition) is 2. The van der Waals surface area contributed by atoms with Gasteiger partial charge < -0.3 is 15.0 Å². The van der Waals surface area contributed by atoms with Gasteiger partial charge in [-0.25, -0.2) is 0 Å². The lowest BCUT2D eigenvalue weighted by atomic mass is 10.2. The molecule has 1 aliphatic rings. The predicted molar refractivity (Wildman–Crippen MR) is 157 cm³/mol. The minimum Gasteiger partial charge on any atom is -0.494 e. The normalized spacial score (nSPS) is 13.8. The van der Waals surface area contributed by atoms with Gasteiger partial charge in [0.1, 0.15) is 0 Å². The van der Waals surface area contributed by atoms with E-state index in [9.17, 15) is 4.79 Å². The Morgan fingerprint density at radius 1 is 0.919 bits per heavy atom. The molecule has 37 heavy (non-hydrogen) atoms. The summed E-state index contributed by atoms with van der Waals surface area (Å²) < 4.78 is 5.11. The number of methoxy groups -OCH3 is 1. The third-order valence-electron chi connectivity index (χ3n) is 5.96. The van der Waals surface area contributed by atoms with Crippen molar-refractivity contribution in [1.82, 2.24) is 10.2 Å². The number of thiocarbonyl (C=S) groups is 1.